The first-order valence-corrected chi connectivity index (χ1v) is 11.7. The molecule has 3 aromatic rings. The second-order valence-corrected chi connectivity index (χ2v) is 8.81. The number of urea groups is 1. The Labute approximate surface area is 209 Å². The summed E-state index contributed by atoms with van der Waals surface area (Å²) in [5.74, 6) is 0.500. The molecule has 2 aromatic heterocycles. The molecule has 10 heteroatoms. The van der Waals surface area contributed by atoms with Crippen LogP contribution in [0.25, 0.3) is 0 Å². The smallest absolute Gasteiger partial charge is 0.320 e. The molecule has 9 nitrogen and oxygen atoms in total. The number of carbonyl (C=O) groups excluding carboxylic acids is 1. The summed E-state index contributed by atoms with van der Waals surface area (Å²) in [5.41, 5.74) is 9.20. The fourth-order valence-corrected chi connectivity index (χ4v) is 4.37. The number of amides is 2. The van der Waals surface area contributed by atoms with Crippen LogP contribution in [0.2, 0.25) is 0 Å². The van der Waals surface area contributed by atoms with E-state index >= 15 is 0 Å². The number of aryl methyl sites for hydroxylation is 1. The summed E-state index contributed by atoms with van der Waals surface area (Å²) in [6.45, 7) is 3.65. The summed E-state index contributed by atoms with van der Waals surface area (Å²) >= 11 is 0. The Kier molecular flexibility index (Phi) is 7.74. The molecule has 188 valence electrons. The maximum absolute atomic E-state index is 14.3. The Morgan fingerprint density at radius 3 is 2.89 bits per heavy atom. The van der Waals surface area contributed by atoms with Gasteiger partial charge in [-0.2, -0.15) is 0 Å². The SMILES string of the molecule is COc1cccc(F)c1CN1CCC[C@@H](NC(=O)Nc2cc(N)c(C(=N)c3ccnc(C)c3)cn2)C1. The Morgan fingerprint density at radius 1 is 1.31 bits per heavy atom. The van der Waals surface area contributed by atoms with Gasteiger partial charge >= 0.3 is 6.03 Å². The number of ether oxygens (including phenoxy) is 1. The van der Waals surface area contributed by atoms with Gasteiger partial charge in [0.05, 0.1) is 12.8 Å². The minimum absolute atomic E-state index is 0.101. The van der Waals surface area contributed by atoms with E-state index in [2.05, 4.69) is 25.5 Å². The van der Waals surface area contributed by atoms with Crippen LogP contribution < -0.4 is 21.1 Å². The fraction of sp³-hybridized carbons (Fsp3) is 0.308. The van der Waals surface area contributed by atoms with Crippen molar-refractivity contribution in [2.75, 3.05) is 31.2 Å². The maximum atomic E-state index is 14.3. The van der Waals surface area contributed by atoms with Crippen molar-refractivity contribution < 1.29 is 13.9 Å². The third-order valence-corrected chi connectivity index (χ3v) is 6.15. The van der Waals surface area contributed by atoms with Crippen molar-refractivity contribution in [2.45, 2.75) is 32.4 Å². The Morgan fingerprint density at radius 2 is 2.14 bits per heavy atom. The molecule has 36 heavy (non-hydrogen) atoms. The average Bonchev–Trinajstić information content (AvgIpc) is 2.85. The fourth-order valence-electron chi connectivity index (χ4n) is 4.37. The van der Waals surface area contributed by atoms with E-state index in [9.17, 15) is 9.18 Å². The molecule has 3 heterocycles. The molecule has 0 saturated carbocycles. The highest BCUT2D eigenvalue weighted by Gasteiger charge is 2.23. The Bertz CT molecular complexity index is 1270. The van der Waals surface area contributed by atoms with Gasteiger partial charge in [-0.15, -0.1) is 0 Å². The van der Waals surface area contributed by atoms with Crippen molar-refractivity contribution in [1.29, 1.82) is 5.41 Å². The van der Waals surface area contributed by atoms with Gasteiger partial charge in [0.15, 0.2) is 0 Å². The number of carbonyl (C=O) groups is 1. The van der Waals surface area contributed by atoms with E-state index in [1.54, 1.807) is 30.5 Å². The topological polar surface area (TPSA) is 129 Å². The number of hydrogen-bond donors (Lipinski definition) is 4. The number of anilines is 2. The minimum atomic E-state index is -0.398. The predicted octanol–water partition coefficient (Wildman–Crippen LogP) is 3.72. The van der Waals surface area contributed by atoms with E-state index in [-0.39, 0.29) is 23.4 Å². The number of nitrogen functional groups attached to an aromatic ring is 1. The number of rotatable bonds is 7. The maximum Gasteiger partial charge on any atom is 0.320 e. The summed E-state index contributed by atoms with van der Waals surface area (Å²) in [4.78, 5) is 23.2. The van der Waals surface area contributed by atoms with Crippen LogP contribution in [-0.2, 0) is 6.54 Å². The van der Waals surface area contributed by atoms with Crippen molar-refractivity contribution in [1.82, 2.24) is 20.2 Å². The molecule has 1 aliphatic heterocycles. The lowest BCUT2D eigenvalue weighted by Gasteiger charge is -2.33. The van der Waals surface area contributed by atoms with Crippen molar-refractivity contribution in [3.05, 3.63) is 77.0 Å². The molecule has 5 N–H and O–H groups in total. The van der Waals surface area contributed by atoms with Crippen LogP contribution in [0.5, 0.6) is 5.75 Å². The third-order valence-electron chi connectivity index (χ3n) is 6.15. The van der Waals surface area contributed by atoms with Crippen molar-refractivity contribution in [3.8, 4) is 5.75 Å². The zero-order chi connectivity index (χ0) is 25.7. The van der Waals surface area contributed by atoms with Crippen LogP contribution in [0.15, 0.2) is 48.8 Å². The number of nitrogens with one attached hydrogen (secondary N) is 3. The van der Waals surface area contributed by atoms with Gasteiger partial charge in [-0.1, -0.05) is 6.07 Å². The van der Waals surface area contributed by atoms with E-state index < -0.39 is 6.03 Å². The largest absolute Gasteiger partial charge is 0.496 e. The van der Waals surface area contributed by atoms with Crippen molar-refractivity contribution >= 4 is 23.2 Å². The van der Waals surface area contributed by atoms with Gasteiger partial charge in [-0.3, -0.25) is 20.6 Å². The van der Waals surface area contributed by atoms with Gasteiger partial charge in [-0.05, 0) is 50.6 Å². The van der Waals surface area contributed by atoms with E-state index in [0.29, 0.717) is 41.2 Å². The first-order chi connectivity index (χ1) is 17.3. The van der Waals surface area contributed by atoms with Gasteiger partial charge in [0.1, 0.15) is 17.4 Å². The summed E-state index contributed by atoms with van der Waals surface area (Å²) in [6.07, 6.45) is 4.81. The van der Waals surface area contributed by atoms with E-state index in [0.717, 1.165) is 25.1 Å². The summed E-state index contributed by atoms with van der Waals surface area (Å²) in [6, 6.07) is 9.37. The molecule has 0 bridgehead atoms. The zero-order valence-electron chi connectivity index (χ0n) is 20.3. The second kappa shape index (κ2) is 11.1. The number of halogens is 1. The van der Waals surface area contributed by atoms with Crippen LogP contribution in [-0.4, -0.2) is 52.9 Å². The zero-order valence-corrected chi connectivity index (χ0v) is 20.3. The molecule has 0 radical (unpaired) electrons. The molecule has 2 amide bonds. The quantitative estimate of drug-likeness (QED) is 0.373. The predicted molar refractivity (Wildman–Crippen MR) is 137 cm³/mol. The van der Waals surface area contributed by atoms with Crippen LogP contribution in [0, 0.1) is 18.2 Å². The molecule has 1 atom stereocenters. The summed E-state index contributed by atoms with van der Waals surface area (Å²) < 4.78 is 19.7. The van der Waals surface area contributed by atoms with Gasteiger partial charge in [0.25, 0.3) is 0 Å². The Hall–Kier alpha value is -4.05. The van der Waals surface area contributed by atoms with Crippen LogP contribution in [0.4, 0.5) is 20.7 Å². The van der Waals surface area contributed by atoms with Gasteiger partial charge < -0.3 is 15.8 Å². The number of benzene rings is 1. The van der Waals surface area contributed by atoms with Gasteiger partial charge in [-0.25, -0.2) is 14.2 Å². The van der Waals surface area contributed by atoms with Crippen LogP contribution in [0.3, 0.4) is 0 Å². The number of piperidine rings is 1. The monoisotopic (exact) mass is 491 g/mol. The molecule has 0 spiro atoms. The molecule has 1 aromatic carbocycles. The first-order valence-electron chi connectivity index (χ1n) is 11.7. The number of likely N-dealkylation sites (tertiary alicyclic amines) is 1. The minimum Gasteiger partial charge on any atom is -0.496 e. The van der Waals surface area contributed by atoms with Gasteiger partial charge in [0.2, 0.25) is 0 Å². The van der Waals surface area contributed by atoms with Crippen LogP contribution in [0.1, 0.15) is 35.2 Å². The molecular weight excluding hydrogens is 461 g/mol. The molecular formula is C26H30FN7O2. The lowest BCUT2D eigenvalue weighted by molar-refractivity contribution is 0.180. The standard InChI is InChI=1S/C26H30FN7O2/c1-16-11-17(8-9-30-16)25(29)19-13-31-24(12-22(19)28)33-26(35)32-18-5-4-10-34(14-18)15-20-21(27)6-3-7-23(20)36-2/h3,6-9,11-13,18,29H,4-5,10,14-15H2,1-2H3,(H4,28,31,32,33,35)/t18-/m1/s1. The normalized spacial score (nSPS) is 15.8. The second-order valence-electron chi connectivity index (χ2n) is 8.81. The molecule has 1 aliphatic rings. The first kappa shape index (κ1) is 25.1. The molecule has 0 aliphatic carbocycles. The van der Waals surface area contributed by atoms with E-state index in [1.807, 2.05) is 6.92 Å². The van der Waals surface area contributed by atoms with Crippen molar-refractivity contribution in [2.24, 2.45) is 0 Å². The van der Waals surface area contributed by atoms with E-state index in [4.69, 9.17) is 15.9 Å². The number of hydrogen-bond acceptors (Lipinski definition) is 7. The highest BCUT2D eigenvalue weighted by Crippen LogP contribution is 2.25. The van der Waals surface area contributed by atoms with Crippen LogP contribution >= 0.6 is 0 Å². The summed E-state index contributed by atoms with van der Waals surface area (Å²) in [5, 5.41) is 14.1. The highest BCUT2D eigenvalue weighted by molar-refractivity contribution is 6.13. The lowest BCUT2D eigenvalue weighted by atomic mass is 10.0. The van der Waals surface area contributed by atoms with Gasteiger partial charge in [0, 0.05) is 65.7 Å². The number of nitrogens with zero attached hydrogens (tertiary/aromatic N) is 3. The number of pyridine rings is 2. The number of methoxy groups -OCH3 is 1. The highest BCUT2D eigenvalue weighted by atomic mass is 19.1. The molecule has 1 saturated heterocycles. The molecule has 4 rings (SSSR count). The lowest BCUT2D eigenvalue weighted by Crippen LogP contribution is -2.48. The third kappa shape index (κ3) is 5.95. The Balaban J connectivity index is 1.35. The molecule has 1 fully saturated rings. The number of aromatic nitrogens is 2. The van der Waals surface area contributed by atoms with E-state index in [1.165, 1.54) is 25.4 Å². The summed E-state index contributed by atoms with van der Waals surface area (Å²) in [7, 11) is 1.53. The van der Waals surface area contributed by atoms with Crippen molar-refractivity contribution in [3.63, 3.8) is 0 Å². The average molecular weight is 492 g/mol. The number of nitrogens with two attached hydrogens (primary N) is 1. The molecule has 0 unspecified atom stereocenters.